The molecule has 0 aromatic heterocycles. The van der Waals surface area contributed by atoms with E-state index in [0.29, 0.717) is 12.3 Å². The van der Waals surface area contributed by atoms with E-state index in [-0.39, 0.29) is 10.7 Å². The molecule has 0 saturated carbocycles. The summed E-state index contributed by atoms with van der Waals surface area (Å²) in [6.45, 7) is 2.86. The van der Waals surface area contributed by atoms with Crippen molar-refractivity contribution in [3.05, 3.63) is 59.9 Å². The number of halogens is 1. The lowest BCUT2D eigenvalue weighted by molar-refractivity contribution is 0.0974. The van der Waals surface area contributed by atoms with Crippen molar-refractivity contribution in [3.8, 4) is 5.75 Å². The van der Waals surface area contributed by atoms with Crippen molar-refractivity contribution in [3.63, 3.8) is 0 Å². The lowest BCUT2D eigenvalue weighted by atomic mass is 10.2. The van der Waals surface area contributed by atoms with Crippen molar-refractivity contribution < 1.29 is 13.9 Å². The van der Waals surface area contributed by atoms with Crippen LogP contribution in [0, 0.1) is 5.82 Å². The van der Waals surface area contributed by atoms with E-state index in [1.54, 1.807) is 6.07 Å². The summed E-state index contributed by atoms with van der Waals surface area (Å²) in [7, 11) is 0. The molecule has 0 atom stereocenters. The molecule has 2 N–H and O–H groups in total. The molecule has 0 radical (unpaired) electrons. The average molecular weight is 389 g/mol. The predicted octanol–water partition coefficient (Wildman–Crippen LogP) is 5.30. The Hall–Kier alpha value is -2.47. The third-order valence-corrected chi connectivity index (χ3v) is 4.16. The third-order valence-electron chi connectivity index (χ3n) is 3.95. The van der Waals surface area contributed by atoms with Gasteiger partial charge in [0.05, 0.1) is 12.2 Å². The number of carbonyl (C=O) groups excluding carboxylic acids is 1. The second-order valence-corrected chi connectivity index (χ2v) is 6.59. The number of anilines is 1. The van der Waals surface area contributed by atoms with Crippen molar-refractivity contribution in [1.82, 2.24) is 5.32 Å². The van der Waals surface area contributed by atoms with E-state index < -0.39 is 11.7 Å². The number of hydrogen-bond acceptors (Lipinski definition) is 3. The normalized spacial score (nSPS) is 10.3. The van der Waals surface area contributed by atoms with Crippen LogP contribution in [0.15, 0.2) is 48.5 Å². The molecule has 0 spiro atoms. The van der Waals surface area contributed by atoms with Gasteiger partial charge in [-0.15, -0.1) is 0 Å². The first-order chi connectivity index (χ1) is 13.1. The number of carbonyl (C=O) groups is 1. The molecule has 0 aliphatic rings. The SMILES string of the molecule is CCCCCCCOc1cccc(NC(=S)NC(=O)c2ccccc2F)c1. The maximum atomic E-state index is 13.6. The number of unbranched alkanes of at least 4 members (excludes halogenated alkanes) is 4. The predicted molar refractivity (Wildman–Crippen MR) is 111 cm³/mol. The minimum Gasteiger partial charge on any atom is -0.494 e. The van der Waals surface area contributed by atoms with Crippen LogP contribution < -0.4 is 15.4 Å². The zero-order valence-electron chi connectivity index (χ0n) is 15.5. The molecule has 0 aliphatic carbocycles. The Kier molecular flexibility index (Phi) is 8.71. The minimum atomic E-state index is -0.593. The second-order valence-electron chi connectivity index (χ2n) is 6.18. The summed E-state index contributed by atoms with van der Waals surface area (Å²) in [5.74, 6) is -0.448. The minimum absolute atomic E-state index is 0.0539. The maximum absolute atomic E-state index is 13.6. The number of benzene rings is 2. The fraction of sp³-hybridized carbons (Fsp3) is 0.333. The molecule has 0 heterocycles. The molecule has 1 amide bonds. The highest BCUT2D eigenvalue weighted by molar-refractivity contribution is 7.80. The van der Waals surface area contributed by atoms with E-state index in [4.69, 9.17) is 17.0 Å². The summed E-state index contributed by atoms with van der Waals surface area (Å²) in [5, 5.41) is 5.49. The van der Waals surface area contributed by atoms with Gasteiger partial charge in [0.15, 0.2) is 5.11 Å². The largest absolute Gasteiger partial charge is 0.494 e. The van der Waals surface area contributed by atoms with Gasteiger partial charge in [-0.3, -0.25) is 10.1 Å². The second kappa shape index (κ2) is 11.3. The van der Waals surface area contributed by atoms with Gasteiger partial charge in [0.2, 0.25) is 0 Å². The topological polar surface area (TPSA) is 50.4 Å². The van der Waals surface area contributed by atoms with Gasteiger partial charge < -0.3 is 10.1 Å². The van der Waals surface area contributed by atoms with Crippen LogP contribution in [0.3, 0.4) is 0 Å². The molecule has 4 nitrogen and oxygen atoms in total. The Morgan fingerprint density at radius 1 is 1.07 bits per heavy atom. The molecule has 2 rings (SSSR count). The van der Waals surface area contributed by atoms with E-state index in [0.717, 1.165) is 18.6 Å². The molecule has 0 unspecified atom stereocenters. The Morgan fingerprint density at radius 2 is 1.85 bits per heavy atom. The Morgan fingerprint density at radius 3 is 2.63 bits per heavy atom. The number of ether oxygens (including phenoxy) is 1. The summed E-state index contributed by atoms with van der Waals surface area (Å²) in [5.41, 5.74) is 0.638. The van der Waals surface area contributed by atoms with Crippen LogP contribution in [0.1, 0.15) is 49.4 Å². The summed E-state index contributed by atoms with van der Waals surface area (Å²) >= 11 is 5.14. The fourth-order valence-corrected chi connectivity index (χ4v) is 2.75. The zero-order valence-corrected chi connectivity index (χ0v) is 16.3. The van der Waals surface area contributed by atoms with Crippen molar-refractivity contribution in [2.75, 3.05) is 11.9 Å². The molecule has 0 saturated heterocycles. The molecule has 6 heteroatoms. The Labute approximate surface area is 165 Å². The van der Waals surface area contributed by atoms with Gasteiger partial charge in [0.25, 0.3) is 5.91 Å². The molecule has 27 heavy (non-hydrogen) atoms. The Bertz CT molecular complexity index is 767. The highest BCUT2D eigenvalue weighted by Gasteiger charge is 2.12. The maximum Gasteiger partial charge on any atom is 0.260 e. The highest BCUT2D eigenvalue weighted by atomic mass is 32.1. The van der Waals surface area contributed by atoms with Crippen LogP contribution in [0.2, 0.25) is 0 Å². The standard InChI is InChI=1S/C21H25FN2O2S/c1-2-3-4-5-8-14-26-17-11-9-10-16(15-17)23-21(27)24-20(25)18-12-6-7-13-19(18)22/h6-7,9-13,15H,2-5,8,14H2,1H3,(H2,23,24,25,27). The molecular formula is C21H25FN2O2S. The van der Waals surface area contributed by atoms with Crippen molar-refractivity contribution in [2.45, 2.75) is 39.0 Å². The number of nitrogens with one attached hydrogen (secondary N) is 2. The van der Waals surface area contributed by atoms with Crippen LogP contribution in [0.4, 0.5) is 10.1 Å². The van der Waals surface area contributed by atoms with E-state index in [1.165, 1.54) is 37.5 Å². The number of amides is 1. The van der Waals surface area contributed by atoms with E-state index >= 15 is 0 Å². The summed E-state index contributed by atoms with van der Waals surface area (Å²) in [6, 6.07) is 13.1. The van der Waals surface area contributed by atoms with Gasteiger partial charge >= 0.3 is 0 Å². The first-order valence-electron chi connectivity index (χ1n) is 9.20. The number of hydrogen-bond donors (Lipinski definition) is 2. The van der Waals surface area contributed by atoms with Crippen LogP contribution >= 0.6 is 12.2 Å². The summed E-state index contributed by atoms with van der Waals surface area (Å²) < 4.78 is 19.4. The smallest absolute Gasteiger partial charge is 0.260 e. The molecule has 0 aliphatic heterocycles. The highest BCUT2D eigenvalue weighted by Crippen LogP contribution is 2.18. The van der Waals surface area contributed by atoms with Gasteiger partial charge in [0.1, 0.15) is 11.6 Å². The van der Waals surface area contributed by atoms with Crippen LogP contribution in [0.25, 0.3) is 0 Å². The third kappa shape index (κ3) is 7.35. The van der Waals surface area contributed by atoms with Crippen LogP contribution in [-0.4, -0.2) is 17.6 Å². The fourth-order valence-electron chi connectivity index (χ4n) is 2.54. The molecular weight excluding hydrogens is 363 g/mol. The van der Waals surface area contributed by atoms with E-state index in [1.807, 2.05) is 24.3 Å². The molecule has 2 aromatic carbocycles. The zero-order chi connectivity index (χ0) is 19.5. The lowest BCUT2D eigenvalue weighted by Crippen LogP contribution is -2.34. The molecule has 2 aromatic rings. The summed E-state index contributed by atoms with van der Waals surface area (Å²) in [6.07, 6.45) is 5.90. The van der Waals surface area contributed by atoms with Crippen LogP contribution in [-0.2, 0) is 0 Å². The number of thiocarbonyl (C=S) groups is 1. The molecule has 0 bridgehead atoms. The number of rotatable bonds is 9. The lowest BCUT2D eigenvalue weighted by Gasteiger charge is -2.12. The monoisotopic (exact) mass is 388 g/mol. The first kappa shape index (κ1) is 20.8. The quantitative estimate of drug-likeness (QED) is 0.452. The van der Waals surface area contributed by atoms with Gasteiger partial charge in [-0.05, 0) is 42.9 Å². The van der Waals surface area contributed by atoms with Crippen molar-refractivity contribution in [2.24, 2.45) is 0 Å². The van der Waals surface area contributed by atoms with E-state index in [9.17, 15) is 9.18 Å². The first-order valence-corrected chi connectivity index (χ1v) is 9.60. The molecule has 0 fully saturated rings. The van der Waals surface area contributed by atoms with Crippen molar-refractivity contribution >= 4 is 28.9 Å². The molecule has 144 valence electrons. The summed E-state index contributed by atoms with van der Waals surface area (Å²) in [4.78, 5) is 12.1. The van der Waals surface area contributed by atoms with Crippen LogP contribution in [0.5, 0.6) is 5.75 Å². The average Bonchev–Trinajstić information content (AvgIpc) is 2.65. The Balaban J connectivity index is 1.82. The van der Waals surface area contributed by atoms with Gasteiger partial charge in [-0.25, -0.2) is 4.39 Å². The van der Waals surface area contributed by atoms with Gasteiger partial charge in [0, 0.05) is 11.8 Å². The van der Waals surface area contributed by atoms with Gasteiger partial charge in [-0.2, -0.15) is 0 Å². The van der Waals surface area contributed by atoms with E-state index in [2.05, 4.69) is 17.6 Å². The van der Waals surface area contributed by atoms with Gasteiger partial charge in [-0.1, -0.05) is 50.8 Å². The van der Waals surface area contributed by atoms with Crippen molar-refractivity contribution in [1.29, 1.82) is 0 Å².